The molecule has 2 aromatic rings. The molecule has 5 heteroatoms. The molecule has 0 amide bonds. The molecular formula is C13H18N4O. The third kappa shape index (κ3) is 2.87. The number of H-pyrrole nitrogens is 1. The second-order valence-corrected chi connectivity index (χ2v) is 4.22. The summed E-state index contributed by atoms with van der Waals surface area (Å²) in [5.74, 6) is 2.54. The van der Waals surface area contributed by atoms with Crippen molar-refractivity contribution >= 4 is 0 Å². The minimum absolute atomic E-state index is 0.568. The lowest BCUT2D eigenvalue weighted by atomic mass is 10.1. The Labute approximate surface area is 106 Å². The maximum Gasteiger partial charge on any atom is 0.151 e. The zero-order valence-electron chi connectivity index (χ0n) is 10.7. The Morgan fingerprint density at radius 3 is 2.89 bits per heavy atom. The predicted molar refractivity (Wildman–Crippen MR) is 69.7 cm³/mol. The third-order valence-electron chi connectivity index (χ3n) is 2.78. The van der Waals surface area contributed by atoms with Crippen LogP contribution in [0.15, 0.2) is 18.2 Å². The zero-order valence-corrected chi connectivity index (χ0v) is 10.7. The first kappa shape index (κ1) is 12.6. The first-order chi connectivity index (χ1) is 8.72. The van der Waals surface area contributed by atoms with Crippen molar-refractivity contribution in [3.63, 3.8) is 0 Å². The maximum absolute atomic E-state index is 5.47. The number of aromatic amines is 1. The highest BCUT2D eigenvalue weighted by Crippen LogP contribution is 2.19. The second-order valence-electron chi connectivity index (χ2n) is 4.22. The van der Waals surface area contributed by atoms with E-state index in [2.05, 4.69) is 21.2 Å². The SMILES string of the molecule is COc1ccc(Cc2nc(CCN)n[nH]2)cc1C. The van der Waals surface area contributed by atoms with E-state index in [1.165, 1.54) is 5.56 Å². The summed E-state index contributed by atoms with van der Waals surface area (Å²) in [6.07, 6.45) is 1.44. The van der Waals surface area contributed by atoms with E-state index in [-0.39, 0.29) is 0 Å². The maximum atomic E-state index is 5.47. The summed E-state index contributed by atoms with van der Waals surface area (Å²) in [6.45, 7) is 2.60. The van der Waals surface area contributed by atoms with Crippen molar-refractivity contribution in [3.8, 4) is 5.75 Å². The van der Waals surface area contributed by atoms with E-state index in [0.717, 1.165) is 29.4 Å². The van der Waals surface area contributed by atoms with Gasteiger partial charge >= 0.3 is 0 Å². The van der Waals surface area contributed by atoms with Crippen molar-refractivity contribution in [3.05, 3.63) is 41.0 Å². The molecule has 0 aliphatic heterocycles. The summed E-state index contributed by atoms with van der Waals surface area (Å²) in [7, 11) is 1.68. The average molecular weight is 246 g/mol. The van der Waals surface area contributed by atoms with Gasteiger partial charge in [0.2, 0.25) is 0 Å². The average Bonchev–Trinajstić information content (AvgIpc) is 2.77. The van der Waals surface area contributed by atoms with Gasteiger partial charge in [0, 0.05) is 12.8 Å². The van der Waals surface area contributed by atoms with Crippen LogP contribution in [0.4, 0.5) is 0 Å². The van der Waals surface area contributed by atoms with Gasteiger partial charge in [0.15, 0.2) is 5.82 Å². The minimum atomic E-state index is 0.568. The van der Waals surface area contributed by atoms with Gasteiger partial charge in [-0.3, -0.25) is 5.10 Å². The van der Waals surface area contributed by atoms with Gasteiger partial charge in [0.05, 0.1) is 7.11 Å². The standard InChI is InChI=1S/C13H18N4O/c1-9-7-10(3-4-11(9)18-2)8-13-15-12(5-6-14)16-17-13/h3-4,7H,5-6,8,14H2,1-2H3,(H,15,16,17). The fourth-order valence-corrected chi connectivity index (χ4v) is 1.90. The fourth-order valence-electron chi connectivity index (χ4n) is 1.90. The molecule has 0 bridgehead atoms. The van der Waals surface area contributed by atoms with Crippen LogP contribution in [-0.4, -0.2) is 28.8 Å². The highest BCUT2D eigenvalue weighted by atomic mass is 16.5. The highest BCUT2D eigenvalue weighted by molar-refractivity contribution is 5.37. The number of rotatable bonds is 5. The van der Waals surface area contributed by atoms with Crippen LogP contribution in [0.3, 0.4) is 0 Å². The molecular weight excluding hydrogens is 228 g/mol. The molecule has 1 aromatic heterocycles. The van der Waals surface area contributed by atoms with Crippen molar-refractivity contribution < 1.29 is 4.74 Å². The van der Waals surface area contributed by atoms with Gasteiger partial charge in [-0.25, -0.2) is 4.98 Å². The summed E-state index contributed by atoms with van der Waals surface area (Å²) in [5, 5.41) is 7.06. The summed E-state index contributed by atoms with van der Waals surface area (Å²) in [6, 6.07) is 6.11. The molecule has 0 aliphatic carbocycles. The summed E-state index contributed by atoms with van der Waals surface area (Å²) < 4.78 is 5.24. The lowest BCUT2D eigenvalue weighted by Gasteiger charge is -2.06. The molecule has 18 heavy (non-hydrogen) atoms. The number of aromatic nitrogens is 3. The van der Waals surface area contributed by atoms with E-state index >= 15 is 0 Å². The van der Waals surface area contributed by atoms with E-state index in [1.54, 1.807) is 7.11 Å². The predicted octanol–water partition coefficient (Wildman–Crippen LogP) is 1.21. The van der Waals surface area contributed by atoms with Crippen molar-refractivity contribution in [2.24, 2.45) is 5.73 Å². The van der Waals surface area contributed by atoms with Gasteiger partial charge in [-0.1, -0.05) is 12.1 Å². The van der Waals surface area contributed by atoms with Crippen molar-refractivity contribution in [2.75, 3.05) is 13.7 Å². The van der Waals surface area contributed by atoms with E-state index < -0.39 is 0 Å². The van der Waals surface area contributed by atoms with Crippen LogP contribution >= 0.6 is 0 Å². The van der Waals surface area contributed by atoms with Gasteiger partial charge < -0.3 is 10.5 Å². The molecule has 1 aromatic carbocycles. The lowest BCUT2D eigenvalue weighted by Crippen LogP contribution is -2.04. The molecule has 0 saturated heterocycles. The highest BCUT2D eigenvalue weighted by Gasteiger charge is 2.05. The van der Waals surface area contributed by atoms with Crippen molar-refractivity contribution in [2.45, 2.75) is 19.8 Å². The van der Waals surface area contributed by atoms with Crippen molar-refractivity contribution in [1.29, 1.82) is 0 Å². The van der Waals surface area contributed by atoms with Gasteiger partial charge in [0.25, 0.3) is 0 Å². The molecule has 0 fully saturated rings. The van der Waals surface area contributed by atoms with Gasteiger partial charge in [-0.05, 0) is 30.7 Å². The summed E-state index contributed by atoms with van der Waals surface area (Å²) >= 11 is 0. The number of hydrogen-bond donors (Lipinski definition) is 2. The van der Waals surface area contributed by atoms with Crippen LogP contribution in [0.25, 0.3) is 0 Å². The Balaban J connectivity index is 2.10. The van der Waals surface area contributed by atoms with E-state index in [4.69, 9.17) is 10.5 Å². The smallest absolute Gasteiger partial charge is 0.151 e. The molecule has 0 atom stereocenters. The van der Waals surface area contributed by atoms with Crippen LogP contribution in [0, 0.1) is 6.92 Å². The van der Waals surface area contributed by atoms with Crippen LogP contribution in [0.2, 0.25) is 0 Å². The normalized spacial score (nSPS) is 10.6. The molecule has 96 valence electrons. The largest absolute Gasteiger partial charge is 0.496 e. The monoisotopic (exact) mass is 246 g/mol. The lowest BCUT2D eigenvalue weighted by molar-refractivity contribution is 0.411. The Hall–Kier alpha value is -1.88. The van der Waals surface area contributed by atoms with Crippen LogP contribution in [-0.2, 0) is 12.8 Å². The number of nitrogens with two attached hydrogens (primary N) is 1. The molecule has 0 spiro atoms. The molecule has 0 radical (unpaired) electrons. The number of methoxy groups -OCH3 is 1. The number of hydrogen-bond acceptors (Lipinski definition) is 4. The molecule has 2 rings (SSSR count). The molecule has 3 N–H and O–H groups in total. The number of nitrogens with one attached hydrogen (secondary N) is 1. The van der Waals surface area contributed by atoms with Crippen LogP contribution in [0.5, 0.6) is 5.75 Å². The first-order valence-electron chi connectivity index (χ1n) is 5.96. The molecule has 1 heterocycles. The zero-order chi connectivity index (χ0) is 13.0. The van der Waals surface area contributed by atoms with Gasteiger partial charge in [0.1, 0.15) is 11.6 Å². The fraction of sp³-hybridized carbons (Fsp3) is 0.385. The Kier molecular flexibility index (Phi) is 3.94. The molecule has 5 nitrogen and oxygen atoms in total. The number of ether oxygens (including phenoxy) is 1. The molecule has 0 aliphatic rings. The summed E-state index contributed by atoms with van der Waals surface area (Å²) in [4.78, 5) is 4.39. The molecule has 0 unspecified atom stereocenters. The van der Waals surface area contributed by atoms with E-state index in [9.17, 15) is 0 Å². The Morgan fingerprint density at radius 2 is 2.22 bits per heavy atom. The minimum Gasteiger partial charge on any atom is -0.496 e. The quantitative estimate of drug-likeness (QED) is 0.831. The number of benzene rings is 1. The summed E-state index contributed by atoms with van der Waals surface area (Å²) in [5.41, 5.74) is 7.77. The first-order valence-corrected chi connectivity index (χ1v) is 5.96. The molecule has 0 saturated carbocycles. The van der Waals surface area contributed by atoms with Gasteiger partial charge in [-0.15, -0.1) is 0 Å². The second kappa shape index (κ2) is 5.64. The van der Waals surface area contributed by atoms with Crippen molar-refractivity contribution in [1.82, 2.24) is 15.2 Å². The Bertz CT molecular complexity index is 521. The number of nitrogens with zero attached hydrogens (tertiary/aromatic N) is 2. The van der Waals surface area contributed by atoms with Crippen LogP contribution in [0.1, 0.15) is 22.8 Å². The topological polar surface area (TPSA) is 76.8 Å². The number of aryl methyl sites for hydroxylation is 1. The van der Waals surface area contributed by atoms with E-state index in [0.29, 0.717) is 13.0 Å². The van der Waals surface area contributed by atoms with Crippen LogP contribution < -0.4 is 10.5 Å². The van der Waals surface area contributed by atoms with E-state index in [1.807, 2.05) is 19.1 Å². The Morgan fingerprint density at radius 1 is 1.39 bits per heavy atom. The third-order valence-corrected chi connectivity index (χ3v) is 2.78. The van der Waals surface area contributed by atoms with Gasteiger partial charge in [-0.2, -0.15) is 5.10 Å².